The Hall–Kier alpha value is -1.04. The van der Waals surface area contributed by atoms with Crippen molar-refractivity contribution in [3.8, 4) is 0 Å². The quantitative estimate of drug-likeness (QED) is 0.510. The van der Waals surface area contributed by atoms with Gasteiger partial charge in [-0.05, 0) is 13.8 Å². The summed E-state index contributed by atoms with van der Waals surface area (Å²) in [4.78, 5) is 0. The number of allylic oxidation sites excluding steroid dienone is 6. The minimum atomic E-state index is 1.64. The Morgan fingerprint density at radius 1 is 0.800 bits per heavy atom. The van der Waals surface area contributed by atoms with Crippen LogP contribution in [-0.2, 0) is 0 Å². The van der Waals surface area contributed by atoms with Gasteiger partial charge >= 0.3 is 0 Å². The first-order valence-corrected chi connectivity index (χ1v) is 3.30. The maximum Gasteiger partial charge on any atom is -0.0467 e. The Morgan fingerprint density at radius 2 is 1.10 bits per heavy atom. The molecule has 0 aliphatic carbocycles. The molecule has 0 fully saturated rings. The van der Waals surface area contributed by atoms with E-state index in [-0.39, 0.29) is 0 Å². The van der Waals surface area contributed by atoms with Crippen molar-refractivity contribution >= 4 is 0 Å². The Kier molecular flexibility index (Phi) is 18.4. The molecule has 0 saturated carbocycles. The molecule has 0 heterocycles. The van der Waals surface area contributed by atoms with Crippen molar-refractivity contribution in [1.82, 2.24) is 0 Å². The molecular weight excluding hydrogens is 120 g/mol. The van der Waals surface area contributed by atoms with Gasteiger partial charge < -0.3 is 0 Å². The fraction of sp³-hybridized carbons (Fsp3) is 0.200. The van der Waals surface area contributed by atoms with Crippen molar-refractivity contribution in [3.63, 3.8) is 0 Å². The second-order valence-corrected chi connectivity index (χ2v) is 1.52. The lowest BCUT2D eigenvalue weighted by molar-refractivity contribution is 1.69. The van der Waals surface area contributed by atoms with Crippen LogP contribution in [0.2, 0.25) is 0 Å². The van der Waals surface area contributed by atoms with Crippen LogP contribution in [0.1, 0.15) is 13.8 Å². The van der Waals surface area contributed by atoms with Gasteiger partial charge in [0, 0.05) is 0 Å². The zero-order valence-electron chi connectivity index (χ0n) is 6.88. The molecule has 0 aromatic heterocycles. The lowest BCUT2D eigenvalue weighted by Crippen LogP contribution is -1.40. The summed E-state index contributed by atoms with van der Waals surface area (Å²) < 4.78 is 0. The standard InChI is InChI=1S/C6H10.C4H6/c1-3-5-6-4-2;1-3-4-2/h3-6H,1-2H3;3-4H,1-2H2. The molecule has 56 valence electrons. The summed E-state index contributed by atoms with van der Waals surface area (Å²) in [6, 6.07) is 0. The molecule has 0 rings (SSSR count). The van der Waals surface area contributed by atoms with Crippen molar-refractivity contribution in [3.05, 3.63) is 49.6 Å². The van der Waals surface area contributed by atoms with Crippen molar-refractivity contribution < 1.29 is 0 Å². The average molecular weight is 136 g/mol. The molecule has 0 radical (unpaired) electrons. The van der Waals surface area contributed by atoms with Crippen LogP contribution in [0.4, 0.5) is 0 Å². The normalized spacial score (nSPS) is 9.00. The minimum Gasteiger partial charge on any atom is -0.0991 e. The Labute approximate surface area is 64.3 Å². The molecule has 0 amide bonds. The molecule has 0 saturated heterocycles. The first-order valence-electron chi connectivity index (χ1n) is 3.30. The molecule has 0 aromatic rings. The van der Waals surface area contributed by atoms with Crippen LogP contribution in [0, 0.1) is 0 Å². The molecule has 0 aromatic carbocycles. The molecule has 0 N–H and O–H groups in total. The van der Waals surface area contributed by atoms with E-state index < -0.39 is 0 Å². The summed E-state index contributed by atoms with van der Waals surface area (Å²) in [7, 11) is 0. The second-order valence-electron chi connectivity index (χ2n) is 1.52. The van der Waals surface area contributed by atoms with Gasteiger partial charge in [0.2, 0.25) is 0 Å². The molecule has 0 atom stereocenters. The van der Waals surface area contributed by atoms with Crippen LogP contribution in [0.3, 0.4) is 0 Å². The third-order valence-electron chi connectivity index (χ3n) is 0.663. The van der Waals surface area contributed by atoms with Gasteiger partial charge in [0.15, 0.2) is 0 Å². The first kappa shape index (κ1) is 11.7. The second kappa shape index (κ2) is 15.7. The van der Waals surface area contributed by atoms with Crippen molar-refractivity contribution in [2.24, 2.45) is 0 Å². The molecule has 0 aliphatic rings. The van der Waals surface area contributed by atoms with Crippen LogP contribution in [-0.4, -0.2) is 0 Å². The van der Waals surface area contributed by atoms with E-state index in [4.69, 9.17) is 0 Å². The molecule has 0 heteroatoms. The first-order chi connectivity index (χ1) is 4.83. The summed E-state index contributed by atoms with van der Waals surface area (Å²) in [5, 5.41) is 0. The SMILES string of the molecule is C=CC=C.CC=CC=CC. The topological polar surface area (TPSA) is 0 Å². The highest BCUT2D eigenvalue weighted by Gasteiger charge is 1.48. The fourth-order valence-corrected chi connectivity index (χ4v) is 0.222. The number of rotatable bonds is 2. The van der Waals surface area contributed by atoms with Crippen molar-refractivity contribution in [2.45, 2.75) is 13.8 Å². The van der Waals surface area contributed by atoms with Crippen LogP contribution in [0.25, 0.3) is 0 Å². The fourth-order valence-electron chi connectivity index (χ4n) is 0.222. The minimum absolute atomic E-state index is 1.64. The predicted molar refractivity (Wildman–Crippen MR) is 50.0 cm³/mol. The molecule has 0 unspecified atom stereocenters. The van der Waals surface area contributed by atoms with Crippen molar-refractivity contribution in [2.75, 3.05) is 0 Å². The van der Waals surface area contributed by atoms with Gasteiger partial charge in [-0.3, -0.25) is 0 Å². The van der Waals surface area contributed by atoms with Crippen LogP contribution in [0.5, 0.6) is 0 Å². The molecule has 0 bridgehead atoms. The highest BCUT2D eigenvalue weighted by atomic mass is 13.6. The summed E-state index contributed by atoms with van der Waals surface area (Å²) in [5.74, 6) is 0. The monoisotopic (exact) mass is 136 g/mol. The summed E-state index contributed by atoms with van der Waals surface area (Å²) in [6.45, 7) is 10.7. The Morgan fingerprint density at radius 3 is 1.20 bits per heavy atom. The van der Waals surface area contributed by atoms with E-state index in [2.05, 4.69) is 13.2 Å². The van der Waals surface area contributed by atoms with E-state index in [1.54, 1.807) is 12.2 Å². The van der Waals surface area contributed by atoms with E-state index in [9.17, 15) is 0 Å². The number of hydrogen-bond acceptors (Lipinski definition) is 0. The van der Waals surface area contributed by atoms with Crippen LogP contribution < -0.4 is 0 Å². The van der Waals surface area contributed by atoms with Crippen LogP contribution >= 0.6 is 0 Å². The smallest absolute Gasteiger partial charge is 0.0467 e. The van der Waals surface area contributed by atoms with E-state index in [1.165, 1.54) is 0 Å². The van der Waals surface area contributed by atoms with Crippen LogP contribution in [0.15, 0.2) is 49.6 Å². The zero-order chi connectivity index (χ0) is 8.24. The molecule has 0 spiro atoms. The Bertz CT molecular complexity index is 100. The Balaban J connectivity index is 0. The van der Waals surface area contributed by atoms with E-state index in [1.807, 2.05) is 38.2 Å². The summed E-state index contributed by atoms with van der Waals surface area (Å²) in [5.41, 5.74) is 0. The highest BCUT2D eigenvalue weighted by molar-refractivity contribution is 4.98. The third-order valence-corrected chi connectivity index (χ3v) is 0.663. The van der Waals surface area contributed by atoms with E-state index in [0.29, 0.717) is 0 Å². The lowest BCUT2D eigenvalue weighted by atomic mass is 10.5. The maximum atomic E-state index is 3.36. The number of hydrogen-bond donors (Lipinski definition) is 0. The molecule has 10 heavy (non-hydrogen) atoms. The van der Waals surface area contributed by atoms with E-state index in [0.717, 1.165) is 0 Å². The van der Waals surface area contributed by atoms with Gasteiger partial charge in [0.25, 0.3) is 0 Å². The molecule has 0 aliphatic heterocycles. The van der Waals surface area contributed by atoms with E-state index >= 15 is 0 Å². The van der Waals surface area contributed by atoms with Gasteiger partial charge in [-0.25, -0.2) is 0 Å². The summed E-state index contributed by atoms with van der Waals surface area (Å²) >= 11 is 0. The molecule has 0 nitrogen and oxygen atoms in total. The average Bonchev–Trinajstić information content (AvgIpc) is 2.01. The van der Waals surface area contributed by atoms with Gasteiger partial charge in [-0.2, -0.15) is 0 Å². The van der Waals surface area contributed by atoms with Crippen molar-refractivity contribution in [1.29, 1.82) is 0 Å². The molecular formula is C10H16. The lowest BCUT2D eigenvalue weighted by Gasteiger charge is -1.62. The van der Waals surface area contributed by atoms with Gasteiger partial charge in [-0.15, -0.1) is 0 Å². The summed E-state index contributed by atoms with van der Waals surface area (Å²) in [6.07, 6.45) is 11.3. The zero-order valence-corrected chi connectivity index (χ0v) is 6.88. The van der Waals surface area contributed by atoms with Gasteiger partial charge in [-0.1, -0.05) is 49.6 Å². The maximum absolute atomic E-state index is 3.36. The van der Waals surface area contributed by atoms with Gasteiger partial charge in [0.1, 0.15) is 0 Å². The highest BCUT2D eigenvalue weighted by Crippen LogP contribution is 1.71. The third kappa shape index (κ3) is 28.2. The largest absolute Gasteiger partial charge is 0.0991 e. The van der Waals surface area contributed by atoms with Gasteiger partial charge in [0.05, 0.1) is 0 Å². The predicted octanol–water partition coefficient (Wildman–Crippen LogP) is 3.50.